The molecule has 2 heterocycles. The van der Waals surface area contributed by atoms with Crippen molar-refractivity contribution in [3.8, 4) is 0 Å². The number of rotatable bonds is 8. The first-order valence-electron chi connectivity index (χ1n) is 12.2. The third kappa shape index (κ3) is 5.06. The highest BCUT2D eigenvalue weighted by Crippen LogP contribution is 2.25. The monoisotopic (exact) mass is 459 g/mol. The maximum Gasteiger partial charge on any atom is 0.295 e. The number of aromatic nitrogens is 1. The minimum atomic E-state index is -0.494. The van der Waals surface area contributed by atoms with Gasteiger partial charge in [-0.05, 0) is 50.7 Å². The van der Waals surface area contributed by atoms with Crippen LogP contribution >= 0.6 is 0 Å². The Labute approximate surface area is 201 Å². The third-order valence-electron chi connectivity index (χ3n) is 6.92. The minimum absolute atomic E-state index is 0.00318. The molecule has 6 nitrogen and oxygen atoms in total. The van der Waals surface area contributed by atoms with E-state index in [0.717, 1.165) is 24.8 Å². The highest BCUT2D eigenvalue weighted by Gasteiger charge is 2.30. The summed E-state index contributed by atoms with van der Waals surface area (Å²) in [5.41, 5.74) is 2.48. The molecule has 1 fully saturated rings. The van der Waals surface area contributed by atoms with Gasteiger partial charge in [0.25, 0.3) is 11.7 Å². The topological polar surface area (TPSA) is 62.6 Å². The number of Topliss-reactive ketones (excluding diaryl/α,β-unsaturated/α-hetero) is 1. The standard InChI is InChI=1S/C28H33N3O3/c1-3-29(4-2)26(32)20-31-19-24(23-12-8-9-13-25(23)31)27(33)28(34)30-16-14-22(15-17-30)18-21-10-6-5-7-11-21/h5-13,19,22H,3-4,14-18,20H2,1-2H3. The fourth-order valence-electron chi connectivity index (χ4n) is 4.93. The van der Waals surface area contributed by atoms with Crippen molar-refractivity contribution in [2.45, 2.75) is 39.7 Å². The number of piperidine rings is 1. The second-order valence-electron chi connectivity index (χ2n) is 9.01. The molecule has 0 saturated carbocycles. The summed E-state index contributed by atoms with van der Waals surface area (Å²) in [5, 5.41) is 0.715. The maximum absolute atomic E-state index is 13.3. The molecule has 2 aromatic carbocycles. The molecule has 4 rings (SSSR count). The lowest BCUT2D eigenvalue weighted by Crippen LogP contribution is -2.42. The average Bonchev–Trinajstić information content (AvgIpc) is 3.23. The molecule has 0 N–H and O–H groups in total. The number of likely N-dealkylation sites (tertiary alicyclic amines) is 1. The van der Waals surface area contributed by atoms with Crippen LogP contribution in [0.3, 0.4) is 0 Å². The minimum Gasteiger partial charge on any atom is -0.342 e. The zero-order valence-electron chi connectivity index (χ0n) is 20.1. The molecule has 34 heavy (non-hydrogen) atoms. The third-order valence-corrected chi connectivity index (χ3v) is 6.92. The van der Waals surface area contributed by atoms with Crippen LogP contribution in [0.25, 0.3) is 10.9 Å². The normalized spacial score (nSPS) is 14.4. The summed E-state index contributed by atoms with van der Waals surface area (Å²) >= 11 is 0. The Bertz CT molecular complexity index is 1160. The van der Waals surface area contributed by atoms with Crippen molar-refractivity contribution in [1.29, 1.82) is 0 Å². The summed E-state index contributed by atoms with van der Waals surface area (Å²) < 4.78 is 1.79. The van der Waals surface area contributed by atoms with Gasteiger partial charge in [-0.15, -0.1) is 0 Å². The van der Waals surface area contributed by atoms with Gasteiger partial charge < -0.3 is 14.4 Å². The van der Waals surface area contributed by atoms with Crippen molar-refractivity contribution in [2.75, 3.05) is 26.2 Å². The van der Waals surface area contributed by atoms with Gasteiger partial charge in [0.15, 0.2) is 0 Å². The Balaban J connectivity index is 1.46. The molecule has 6 heteroatoms. The number of hydrogen-bond donors (Lipinski definition) is 0. The van der Waals surface area contributed by atoms with Crippen molar-refractivity contribution < 1.29 is 14.4 Å². The lowest BCUT2D eigenvalue weighted by Gasteiger charge is -2.31. The van der Waals surface area contributed by atoms with Gasteiger partial charge >= 0.3 is 0 Å². The van der Waals surface area contributed by atoms with Crippen molar-refractivity contribution in [2.24, 2.45) is 5.92 Å². The van der Waals surface area contributed by atoms with Crippen LogP contribution in [0, 0.1) is 5.92 Å². The Kier molecular flexibility index (Phi) is 7.46. The summed E-state index contributed by atoms with van der Waals surface area (Å²) in [4.78, 5) is 42.5. The van der Waals surface area contributed by atoms with Crippen LogP contribution in [0.4, 0.5) is 0 Å². The molecule has 0 radical (unpaired) electrons. The molecule has 3 aromatic rings. The van der Waals surface area contributed by atoms with E-state index in [1.165, 1.54) is 5.56 Å². The van der Waals surface area contributed by atoms with Gasteiger partial charge in [0.1, 0.15) is 6.54 Å². The number of nitrogens with zero attached hydrogens (tertiary/aromatic N) is 3. The summed E-state index contributed by atoms with van der Waals surface area (Å²) in [7, 11) is 0. The first-order chi connectivity index (χ1) is 16.5. The van der Waals surface area contributed by atoms with Crippen molar-refractivity contribution >= 4 is 28.5 Å². The summed E-state index contributed by atoms with van der Waals surface area (Å²) in [5.74, 6) is -0.422. The number of fused-ring (bicyclic) bond motifs is 1. The molecule has 1 aliphatic heterocycles. The molecule has 0 spiro atoms. The summed E-state index contributed by atoms with van der Waals surface area (Å²) in [6.07, 6.45) is 4.47. The Morgan fingerprint density at radius 3 is 2.24 bits per heavy atom. The predicted octanol–water partition coefficient (Wildman–Crippen LogP) is 4.17. The molecule has 0 unspecified atom stereocenters. The van der Waals surface area contributed by atoms with E-state index in [2.05, 4.69) is 24.3 Å². The fourth-order valence-corrected chi connectivity index (χ4v) is 4.93. The zero-order chi connectivity index (χ0) is 24.1. The smallest absolute Gasteiger partial charge is 0.295 e. The van der Waals surface area contributed by atoms with Gasteiger partial charge in [0.05, 0.1) is 5.56 Å². The molecular formula is C28H33N3O3. The van der Waals surface area contributed by atoms with Crippen LogP contribution in [0.1, 0.15) is 42.6 Å². The second-order valence-corrected chi connectivity index (χ2v) is 9.01. The molecule has 1 aromatic heterocycles. The van der Waals surface area contributed by atoms with Gasteiger partial charge in [-0.3, -0.25) is 14.4 Å². The van der Waals surface area contributed by atoms with E-state index in [-0.39, 0.29) is 12.5 Å². The predicted molar refractivity (Wildman–Crippen MR) is 134 cm³/mol. The van der Waals surface area contributed by atoms with Crippen LogP contribution in [-0.4, -0.2) is 58.1 Å². The molecule has 2 amide bonds. The highest BCUT2D eigenvalue weighted by atomic mass is 16.2. The number of para-hydroxylation sites is 1. The van der Waals surface area contributed by atoms with E-state index in [1.54, 1.807) is 20.6 Å². The number of benzene rings is 2. The van der Waals surface area contributed by atoms with E-state index in [1.807, 2.05) is 44.2 Å². The van der Waals surface area contributed by atoms with Crippen LogP contribution in [-0.2, 0) is 22.6 Å². The maximum atomic E-state index is 13.3. The number of amides is 2. The van der Waals surface area contributed by atoms with Crippen LogP contribution < -0.4 is 0 Å². The van der Waals surface area contributed by atoms with Crippen molar-refractivity contribution in [3.05, 3.63) is 71.9 Å². The Hall–Kier alpha value is -3.41. The van der Waals surface area contributed by atoms with Crippen LogP contribution in [0.15, 0.2) is 60.8 Å². The van der Waals surface area contributed by atoms with E-state index in [9.17, 15) is 14.4 Å². The molecule has 0 aliphatic carbocycles. The van der Waals surface area contributed by atoms with E-state index >= 15 is 0 Å². The Morgan fingerprint density at radius 1 is 0.912 bits per heavy atom. The molecule has 178 valence electrons. The number of ketones is 1. The molecule has 1 saturated heterocycles. The zero-order valence-corrected chi connectivity index (χ0v) is 20.1. The summed E-state index contributed by atoms with van der Waals surface area (Å²) in [6.45, 7) is 6.52. The summed E-state index contributed by atoms with van der Waals surface area (Å²) in [6, 6.07) is 17.9. The SMILES string of the molecule is CCN(CC)C(=O)Cn1cc(C(=O)C(=O)N2CCC(Cc3ccccc3)CC2)c2ccccc21. The Morgan fingerprint density at radius 2 is 1.56 bits per heavy atom. The molecular weight excluding hydrogens is 426 g/mol. The largest absolute Gasteiger partial charge is 0.342 e. The number of carbonyl (C=O) groups excluding carboxylic acids is 3. The fraction of sp³-hybridized carbons (Fsp3) is 0.393. The lowest BCUT2D eigenvalue weighted by molar-refractivity contribution is -0.131. The quantitative estimate of drug-likeness (QED) is 0.375. The van der Waals surface area contributed by atoms with Crippen LogP contribution in [0.5, 0.6) is 0 Å². The van der Waals surface area contributed by atoms with Gasteiger partial charge in [-0.1, -0.05) is 48.5 Å². The van der Waals surface area contributed by atoms with E-state index < -0.39 is 11.7 Å². The number of carbonyl (C=O) groups is 3. The van der Waals surface area contributed by atoms with Gasteiger partial charge in [-0.25, -0.2) is 0 Å². The molecule has 0 bridgehead atoms. The molecule has 1 aliphatic rings. The lowest BCUT2D eigenvalue weighted by atomic mass is 9.90. The van der Waals surface area contributed by atoms with E-state index in [4.69, 9.17) is 0 Å². The first kappa shape index (κ1) is 23.7. The van der Waals surface area contributed by atoms with Crippen molar-refractivity contribution in [3.63, 3.8) is 0 Å². The first-order valence-corrected chi connectivity index (χ1v) is 12.2. The molecule has 0 atom stereocenters. The van der Waals surface area contributed by atoms with Gasteiger partial charge in [0.2, 0.25) is 5.91 Å². The van der Waals surface area contributed by atoms with Gasteiger partial charge in [0, 0.05) is 43.3 Å². The second kappa shape index (κ2) is 10.7. The van der Waals surface area contributed by atoms with Crippen molar-refractivity contribution in [1.82, 2.24) is 14.4 Å². The highest BCUT2D eigenvalue weighted by molar-refractivity contribution is 6.44. The average molecular weight is 460 g/mol. The van der Waals surface area contributed by atoms with Gasteiger partial charge in [-0.2, -0.15) is 0 Å². The van der Waals surface area contributed by atoms with Crippen LogP contribution in [0.2, 0.25) is 0 Å². The number of hydrogen-bond acceptors (Lipinski definition) is 3. The number of likely N-dealkylation sites (N-methyl/N-ethyl adjacent to an activating group) is 1. The van der Waals surface area contributed by atoms with E-state index in [0.29, 0.717) is 43.0 Å².